The summed E-state index contributed by atoms with van der Waals surface area (Å²) in [5.41, 5.74) is 2.90. The molecule has 94 valence electrons. The highest BCUT2D eigenvalue weighted by Gasteiger charge is 2.12. The van der Waals surface area contributed by atoms with Gasteiger partial charge in [-0.05, 0) is 55.4 Å². The average molecular weight is 232 g/mol. The fourth-order valence-corrected chi connectivity index (χ4v) is 2.23. The Balaban J connectivity index is 3.01. The van der Waals surface area contributed by atoms with Crippen LogP contribution in [-0.2, 0) is 6.42 Å². The zero-order chi connectivity index (χ0) is 12.7. The van der Waals surface area contributed by atoms with Gasteiger partial charge in [0.2, 0.25) is 0 Å². The molecule has 0 saturated carbocycles. The molecule has 0 fully saturated rings. The van der Waals surface area contributed by atoms with E-state index in [0.29, 0.717) is 5.92 Å². The molecule has 1 heteroatoms. The van der Waals surface area contributed by atoms with Gasteiger partial charge in [0.05, 0.1) is 7.11 Å². The summed E-state index contributed by atoms with van der Waals surface area (Å²) in [5, 5.41) is 0. The lowest BCUT2D eigenvalue weighted by Crippen LogP contribution is -2.01. The summed E-state index contributed by atoms with van der Waals surface area (Å²) in [5.74, 6) is 1.60. The smallest absolute Gasteiger partial charge is 0.119 e. The largest absolute Gasteiger partial charge is 0.497 e. The Hall–Kier alpha value is -1.24. The summed E-state index contributed by atoms with van der Waals surface area (Å²) < 4.78 is 5.29. The molecular formula is C16H24O. The van der Waals surface area contributed by atoms with Crippen LogP contribution in [0.5, 0.6) is 5.75 Å². The summed E-state index contributed by atoms with van der Waals surface area (Å²) in [6, 6.07) is 6.48. The Bertz CT molecular complexity index is 366. The van der Waals surface area contributed by atoms with E-state index < -0.39 is 0 Å². The van der Waals surface area contributed by atoms with E-state index in [1.165, 1.54) is 17.5 Å². The van der Waals surface area contributed by atoms with Crippen LogP contribution >= 0.6 is 0 Å². The van der Waals surface area contributed by atoms with E-state index in [0.717, 1.165) is 18.6 Å². The number of hydrogen-bond acceptors (Lipinski definition) is 1. The third-order valence-corrected chi connectivity index (χ3v) is 3.32. The molecule has 0 aliphatic heterocycles. The van der Waals surface area contributed by atoms with Gasteiger partial charge in [0.1, 0.15) is 5.75 Å². The van der Waals surface area contributed by atoms with Crippen LogP contribution in [-0.4, -0.2) is 7.11 Å². The number of allylic oxidation sites excluding steroid dienone is 2. The molecule has 0 bridgehead atoms. The van der Waals surface area contributed by atoms with Gasteiger partial charge in [0.15, 0.2) is 0 Å². The number of aryl methyl sites for hydroxylation is 1. The maximum Gasteiger partial charge on any atom is 0.119 e. The van der Waals surface area contributed by atoms with Crippen molar-refractivity contribution in [3.63, 3.8) is 0 Å². The first kappa shape index (κ1) is 13.8. The number of hydrogen-bond donors (Lipinski definition) is 0. The van der Waals surface area contributed by atoms with Crippen LogP contribution in [0.25, 0.3) is 0 Å². The molecule has 1 rings (SSSR count). The first-order valence-corrected chi connectivity index (χ1v) is 6.54. The minimum Gasteiger partial charge on any atom is -0.497 e. The number of ether oxygens (including phenoxy) is 1. The molecule has 0 radical (unpaired) electrons. The van der Waals surface area contributed by atoms with Gasteiger partial charge in [0.25, 0.3) is 0 Å². The van der Waals surface area contributed by atoms with Crippen LogP contribution in [0.4, 0.5) is 0 Å². The summed E-state index contributed by atoms with van der Waals surface area (Å²) in [7, 11) is 1.73. The predicted octanol–water partition coefficient (Wildman–Crippen LogP) is 4.72. The Morgan fingerprint density at radius 3 is 2.59 bits per heavy atom. The van der Waals surface area contributed by atoms with Crippen molar-refractivity contribution in [3.05, 3.63) is 41.5 Å². The van der Waals surface area contributed by atoms with Crippen molar-refractivity contribution in [2.45, 2.75) is 46.0 Å². The molecule has 1 nitrogen and oxygen atoms in total. The van der Waals surface area contributed by atoms with Crippen LogP contribution in [0.15, 0.2) is 30.4 Å². The zero-order valence-corrected chi connectivity index (χ0v) is 11.5. The van der Waals surface area contributed by atoms with E-state index in [1.807, 2.05) is 0 Å². The molecule has 0 saturated heterocycles. The average Bonchev–Trinajstić information content (AvgIpc) is 2.39. The van der Waals surface area contributed by atoms with Gasteiger partial charge >= 0.3 is 0 Å². The maximum atomic E-state index is 5.29. The van der Waals surface area contributed by atoms with Gasteiger partial charge in [-0.15, -0.1) is 0 Å². The summed E-state index contributed by atoms with van der Waals surface area (Å²) >= 11 is 0. The van der Waals surface area contributed by atoms with E-state index in [-0.39, 0.29) is 0 Å². The van der Waals surface area contributed by atoms with E-state index in [4.69, 9.17) is 4.74 Å². The molecule has 17 heavy (non-hydrogen) atoms. The Kier molecular flexibility index (Phi) is 5.82. The Morgan fingerprint density at radius 2 is 2.06 bits per heavy atom. The van der Waals surface area contributed by atoms with E-state index in [1.54, 1.807) is 7.11 Å². The first-order valence-electron chi connectivity index (χ1n) is 6.54. The fraction of sp³-hybridized carbons (Fsp3) is 0.500. The van der Waals surface area contributed by atoms with Crippen molar-refractivity contribution >= 4 is 0 Å². The van der Waals surface area contributed by atoms with Crippen molar-refractivity contribution in [2.24, 2.45) is 0 Å². The van der Waals surface area contributed by atoms with Crippen LogP contribution in [0.3, 0.4) is 0 Å². The predicted molar refractivity (Wildman–Crippen MR) is 74.8 cm³/mol. The van der Waals surface area contributed by atoms with E-state index in [9.17, 15) is 0 Å². The molecule has 0 amide bonds. The summed E-state index contributed by atoms with van der Waals surface area (Å²) in [6.45, 7) is 6.56. The van der Waals surface area contributed by atoms with Crippen molar-refractivity contribution in [1.29, 1.82) is 0 Å². The molecule has 0 spiro atoms. The van der Waals surface area contributed by atoms with Crippen molar-refractivity contribution in [3.8, 4) is 5.75 Å². The standard InChI is InChI=1S/C16H24O/c1-5-8-9-13(6-2)16-11-10-15(17-4)12-14(16)7-3/h5,8,10-13H,6-7,9H2,1-4H3/b8-5-. The molecular weight excluding hydrogens is 208 g/mol. The maximum absolute atomic E-state index is 5.29. The van der Waals surface area contributed by atoms with E-state index >= 15 is 0 Å². The summed E-state index contributed by atoms with van der Waals surface area (Å²) in [4.78, 5) is 0. The Labute approximate surface area is 106 Å². The molecule has 1 unspecified atom stereocenters. The lowest BCUT2D eigenvalue weighted by atomic mass is 9.88. The van der Waals surface area contributed by atoms with Gasteiger partial charge in [-0.25, -0.2) is 0 Å². The van der Waals surface area contributed by atoms with Gasteiger partial charge in [-0.2, -0.15) is 0 Å². The van der Waals surface area contributed by atoms with Gasteiger partial charge in [-0.1, -0.05) is 32.1 Å². The van der Waals surface area contributed by atoms with Crippen LogP contribution in [0.1, 0.15) is 50.7 Å². The third-order valence-electron chi connectivity index (χ3n) is 3.32. The normalized spacial score (nSPS) is 12.9. The zero-order valence-electron chi connectivity index (χ0n) is 11.5. The van der Waals surface area contributed by atoms with E-state index in [2.05, 4.69) is 51.1 Å². The molecule has 0 heterocycles. The van der Waals surface area contributed by atoms with Crippen LogP contribution < -0.4 is 4.74 Å². The minimum absolute atomic E-state index is 0.632. The molecule has 1 atom stereocenters. The Morgan fingerprint density at radius 1 is 1.29 bits per heavy atom. The number of rotatable bonds is 6. The quantitative estimate of drug-likeness (QED) is 0.645. The van der Waals surface area contributed by atoms with Gasteiger partial charge in [-0.3, -0.25) is 0 Å². The fourth-order valence-electron chi connectivity index (χ4n) is 2.23. The van der Waals surface area contributed by atoms with Crippen molar-refractivity contribution in [2.75, 3.05) is 7.11 Å². The second-order valence-electron chi connectivity index (χ2n) is 4.33. The minimum atomic E-state index is 0.632. The van der Waals surface area contributed by atoms with Crippen LogP contribution in [0, 0.1) is 0 Å². The molecule has 0 N–H and O–H groups in total. The van der Waals surface area contributed by atoms with Crippen molar-refractivity contribution < 1.29 is 4.74 Å². The van der Waals surface area contributed by atoms with Crippen molar-refractivity contribution in [1.82, 2.24) is 0 Å². The van der Waals surface area contributed by atoms with Gasteiger partial charge in [0, 0.05) is 0 Å². The molecule has 0 aromatic heterocycles. The lowest BCUT2D eigenvalue weighted by Gasteiger charge is -2.18. The second kappa shape index (κ2) is 7.16. The highest BCUT2D eigenvalue weighted by atomic mass is 16.5. The molecule has 0 aliphatic carbocycles. The topological polar surface area (TPSA) is 9.23 Å². The molecule has 0 aliphatic rings. The van der Waals surface area contributed by atoms with Crippen LogP contribution in [0.2, 0.25) is 0 Å². The lowest BCUT2D eigenvalue weighted by molar-refractivity contribution is 0.414. The second-order valence-corrected chi connectivity index (χ2v) is 4.33. The first-order chi connectivity index (χ1) is 8.26. The highest BCUT2D eigenvalue weighted by molar-refractivity contribution is 5.38. The third kappa shape index (κ3) is 3.62. The summed E-state index contributed by atoms with van der Waals surface area (Å²) in [6.07, 6.45) is 7.78. The monoisotopic (exact) mass is 232 g/mol. The molecule has 1 aromatic rings. The van der Waals surface area contributed by atoms with Gasteiger partial charge < -0.3 is 4.74 Å². The number of methoxy groups -OCH3 is 1. The number of benzene rings is 1. The molecule has 1 aromatic carbocycles. The highest BCUT2D eigenvalue weighted by Crippen LogP contribution is 2.29. The SMILES string of the molecule is C/C=C\CC(CC)c1ccc(OC)cc1CC.